The highest BCUT2D eigenvalue weighted by Gasteiger charge is 2.09. The lowest BCUT2D eigenvalue weighted by Crippen LogP contribution is -2.40. The van der Waals surface area contributed by atoms with Crippen molar-refractivity contribution < 1.29 is 19.5 Å². The fraction of sp³-hybridized carbons (Fsp3) is 0.500. The number of aliphatic carboxylic acids is 1. The number of nitrogens with zero attached hydrogens (tertiary/aromatic N) is 1. The molecule has 5 N–H and O–H groups in total. The lowest BCUT2D eigenvalue weighted by molar-refractivity contribution is -0.147. The van der Waals surface area contributed by atoms with Gasteiger partial charge in [-0.05, 0) is 0 Å². The Bertz CT molecular complexity index is 159. The molecule has 0 aromatic heterocycles. The summed E-state index contributed by atoms with van der Waals surface area (Å²) in [5.41, 5.74) is 0. The molecule has 0 aliphatic carbocycles. The quantitative estimate of drug-likeness (QED) is 0.314. The molecule has 0 bridgehead atoms. The van der Waals surface area contributed by atoms with Crippen molar-refractivity contribution in [1.29, 1.82) is 0 Å². The molecule has 0 spiro atoms. The van der Waals surface area contributed by atoms with Crippen molar-refractivity contribution in [2.24, 2.45) is 11.7 Å². The summed E-state index contributed by atoms with van der Waals surface area (Å²) in [5, 5.41) is 8.94. The average Bonchev–Trinajstić information content (AvgIpc) is 1.85. The van der Waals surface area contributed by atoms with Gasteiger partial charge < -0.3 is 9.94 Å². The molecule has 0 heterocycles. The van der Waals surface area contributed by atoms with Gasteiger partial charge in [-0.25, -0.2) is 9.80 Å². The molecule has 0 rings (SSSR count). The maximum atomic E-state index is 10.3. The summed E-state index contributed by atoms with van der Waals surface area (Å²) < 4.78 is 0. The van der Waals surface area contributed by atoms with Gasteiger partial charge in [-0.1, -0.05) is 0 Å². The van der Waals surface area contributed by atoms with Crippen molar-refractivity contribution in [1.82, 2.24) is 5.01 Å². The Morgan fingerprint density at radius 2 is 2.00 bits per heavy atom. The van der Waals surface area contributed by atoms with Crippen molar-refractivity contribution in [3.63, 3.8) is 0 Å². The Morgan fingerprint density at radius 3 is 2.36 bits per heavy atom. The Labute approximate surface area is 62.4 Å². The second-order valence-corrected chi connectivity index (χ2v) is 1.79. The molecule has 0 aromatic carbocycles. The number of carbonyl (C=O) groups is 2. The summed E-state index contributed by atoms with van der Waals surface area (Å²) in [7, 11) is 0. The van der Waals surface area contributed by atoms with E-state index in [-0.39, 0.29) is 6.54 Å². The van der Waals surface area contributed by atoms with E-state index in [1.54, 1.807) is 0 Å². The first kappa shape index (κ1) is 9.82. The van der Waals surface area contributed by atoms with E-state index in [2.05, 4.69) is 10.7 Å². The van der Waals surface area contributed by atoms with Gasteiger partial charge >= 0.3 is 11.9 Å². The molecular formula is C4H9N3O4. The van der Waals surface area contributed by atoms with Crippen molar-refractivity contribution >= 4 is 11.9 Å². The van der Waals surface area contributed by atoms with E-state index >= 15 is 0 Å². The van der Waals surface area contributed by atoms with E-state index in [4.69, 9.17) is 10.9 Å². The average molecular weight is 163 g/mol. The van der Waals surface area contributed by atoms with Gasteiger partial charge in [0.1, 0.15) is 13.1 Å². The molecule has 0 aromatic rings. The van der Waals surface area contributed by atoms with Gasteiger partial charge in [0.05, 0.1) is 0 Å². The number of hydrogen-bond acceptors (Lipinski definition) is 6. The van der Waals surface area contributed by atoms with E-state index in [0.29, 0.717) is 0 Å². The van der Waals surface area contributed by atoms with Crippen LogP contribution in [0.25, 0.3) is 0 Å². The Morgan fingerprint density at radius 1 is 1.45 bits per heavy atom. The number of carbonyl (C=O) groups excluding carboxylic acids is 1. The van der Waals surface area contributed by atoms with Gasteiger partial charge in [0.25, 0.3) is 0 Å². The molecule has 0 saturated carbocycles. The minimum Gasteiger partial charge on any atom is -0.480 e. The molecule has 7 heteroatoms. The molecule has 0 aliphatic rings. The summed E-state index contributed by atoms with van der Waals surface area (Å²) in [5.74, 6) is 7.61. The summed E-state index contributed by atoms with van der Waals surface area (Å²) in [6.45, 7) is -0.780. The van der Waals surface area contributed by atoms with Crippen LogP contribution in [0.2, 0.25) is 0 Å². The van der Waals surface area contributed by atoms with Crippen molar-refractivity contribution in [3.8, 4) is 0 Å². The number of nitrogens with two attached hydrogens (primary N) is 2. The highest BCUT2D eigenvalue weighted by Crippen LogP contribution is 1.78. The van der Waals surface area contributed by atoms with Gasteiger partial charge in [-0.2, -0.15) is 5.90 Å². The number of hydrazine groups is 1. The Balaban J connectivity index is 3.60. The molecule has 0 fully saturated rings. The van der Waals surface area contributed by atoms with E-state index in [9.17, 15) is 9.59 Å². The Kier molecular flexibility index (Phi) is 4.11. The van der Waals surface area contributed by atoms with Crippen LogP contribution in [0.4, 0.5) is 0 Å². The molecule has 64 valence electrons. The normalized spacial score (nSPS) is 9.73. The first-order valence-electron chi connectivity index (χ1n) is 2.67. The Hall–Kier alpha value is -1.18. The van der Waals surface area contributed by atoms with Crippen molar-refractivity contribution in [2.45, 2.75) is 0 Å². The number of carboxylic acids is 1. The molecule has 11 heavy (non-hydrogen) atoms. The third-order valence-electron chi connectivity index (χ3n) is 0.802. The minimum absolute atomic E-state index is 0.344. The first-order valence-corrected chi connectivity index (χ1v) is 2.67. The second kappa shape index (κ2) is 4.61. The van der Waals surface area contributed by atoms with Crippen molar-refractivity contribution in [2.75, 3.05) is 13.1 Å². The van der Waals surface area contributed by atoms with Crippen LogP contribution in [0.1, 0.15) is 0 Å². The fourth-order valence-electron chi connectivity index (χ4n) is 0.433. The van der Waals surface area contributed by atoms with Crippen LogP contribution < -0.4 is 11.7 Å². The van der Waals surface area contributed by atoms with E-state index < -0.39 is 18.5 Å². The molecule has 0 saturated heterocycles. The van der Waals surface area contributed by atoms with Crippen LogP contribution in [0.3, 0.4) is 0 Å². The lowest BCUT2D eigenvalue weighted by Gasteiger charge is -2.10. The fourth-order valence-corrected chi connectivity index (χ4v) is 0.433. The van der Waals surface area contributed by atoms with E-state index in [1.807, 2.05) is 0 Å². The zero-order valence-electron chi connectivity index (χ0n) is 5.69. The van der Waals surface area contributed by atoms with Crippen LogP contribution in [0.5, 0.6) is 0 Å². The van der Waals surface area contributed by atoms with Crippen LogP contribution in [-0.4, -0.2) is 35.1 Å². The maximum absolute atomic E-state index is 10.3. The zero-order chi connectivity index (χ0) is 8.85. The smallest absolute Gasteiger partial charge is 0.340 e. The summed E-state index contributed by atoms with van der Waals surface area (Å²) >= 11 is 0. The molecule has 0 amide bonds. The van der Waals surface area contributed by atoms with Crippen molar-refractivity contribution in [3.05, 3.63) is 0 Å². The minimum atomic E-state index is -1.13. The van der Waals surface area contributed by atoms with Gasteiger partial charge in [-0.15, -0.1) is 0 Å². The van der Waals surface area contributed by atoms with Crippen LogP contribution in [-0.2, 0) is 14.4 Å². The van der Waals surface area contributed by atoms with Gasteiger partial charge in [0.15, 0.2) is 0 Å². The van der Waals surface area contributed by atoms with E-state index in [1.165, 1.54) is 0 Å². The largest absolute Gasteiger partial charge is 0.480 e. The zero-order valence-corrected chi connectivity index (χ0v) is 5.69. The molecule has 0 aliphatic heterocycles. The highest BCUT2D eigenvalue weighted by atomic mass is 16.7. The topological polar surface area (TPSA) is 119 Å². The summed E-state index contributed by atoms with van der Waals surface area (Å²) in [6.07, 6.45) is 0. The molecule has 0 atom stereocenters. The third kappa shape index (κ3) is 5.27. The molecule has 0 unspecified atom stereocenters. The monoisotopic (exact) mass is 163 g/mol. The molecular weight excluding hydrogens is 154 g/mol. The van der Waals surface area contributed by atoms with Crippen LogP contribution in [0.15, 0.2) is 0 Å². The van der Waals surface area contributed by atoms with Gasteiger partial charge in [0, 0.05) is 0 Å². The first-order chi connectivity index (χ1) is 5.06. The predicted octanol–water partition coefficient (Wildman–Crippen LogP) is -2.34. The molecule has 0 radical (unpaired) electrons. The second-order valence-electron chi connectivity index (χ2n) is 1.79. The SMILES string of the molecule is NOC(=O)CN(N)CC(=O)O. The van der Waals surface area contributed by atoms with Crippen LogP contribution >= 0.6 is 0 Å². The maximum Gasteiger partial charge on any atom is 0.340 e. The summed E-state index contributed by atoms with van der Waals surface area (Å²) in [6, 6.07) is 0. The number of hydrogen-bond donors (Lipinski definition) is 3. The number of carboxylic acid groups (broad SMARTS) is 1. The molecule has 7 nitrogen and oxygen atoms in total. The lowest BCUT2D eigenvalue weighted by atomic mass is 10.5. The number of rotatable bonds is 4. The third-order valence-corrected chi connectivity index (χ3v) is 0.802. The standard InChI is InChI=1S/C4H9N3O4/c5-7(1-3(8)9)2-4(10)11-6/h1-2,5-6H2,(H,8,9). The highest BCUT2D eigenvalue weighted by molar-refractivity contribution is 5.73. The summed E-state index contributed by atoms with van der Waals surface area (Å²) in [4.78, 5) is 24.1. The van der Waals surface area contributed by atoms with Gasteiger partial charge in [-0.3, -0.25) is 10.6 Å². The predicted molar refractivity (Wildman–Crippen MR) is 33.7 cm³/mol. The van der Waals surface area contributed by atoms with Crippen LogP contribution in [0, 0.1) is 0 Å². The van der Waals surface area contributed by atoms with Gasteiger partial charge in [0.2, 0.25) is 0 Å². The van der Waals surface area contributed by atoms with E-state index in [0.717, 1.165) is 5.01 Å².